The number of hydrogen-bond donors (Lipinski definition) is 1. The van der Waals surface area contributed by atoms with Crippen LogP contribution in [0.1, 0.15) is 16.1 Å². The van der Waals surface area contributed by atoms with Crippen LogP contribution in [-0.2, 0) is 16.6 Å². The van der Waals surface area contributed by atoms with E-state index in [9.17, 15) is 9.00 Å². The Morgan fingerprint density at radius 1 is 1.40 bits per heavy atom. The summed E-state index contributed by atoms with van der Waals surface area (Å²) in [5.41, 5.74) is 0.744. The summed E-state index contributed by atoms with van der Waals surface area (Å²) in [6.45, 7) is 0. The Kier molecular flexibility index (Phi) is 4.61. The fraction of sp³-hybridized carbons (Fsp3) is 0.154. The third-order valence-electron chi connectivity index (χ3n) is 2.55. The van der Waals surface area contributed by atoms with Gasteiger partial charge in [-0.15, -0.1) is 0 Å². The second-order valence-electron chi connectivity index (χ2n) is 3.87. The van der Waals surface area contributed by atoms with Gasteiger partial charge in [0, 0.05) is 10.0 Å². The van der Waals surface area contributed by atoms with Crippen molar-refractivity contribution in [3.05, 3.63) is 46.1 Å². The van der Waals surface area contributed by atoms with Crippen LogP contribution >= 0.6 is 15.9 Å². The molecule has 106 valence electrons. The van der Waals surface area contributed by atoms with E-state index in [1.54, 1.807) is 12.1 Å². The molecule has 2 rings (SSSR count). The van der Waals surface area contributed by atoms with Gasteiger partial charge in [-0.05, 0) is 30.3 Å². The van der Waals surface area contributed by atoms with Crippen molar-refractivity contribution in [1.29, 1.82) is 0 Å². The maximum absolute atomic E-state index is 12.2. The molecule has 0 fully saturated rings. The first kappa shape index (κ1) is 14.8. The SMILES string of the molecule is COc1ccc(Br)cc1CS(=O)c1ccc(C(=O)O)o1. The van der Waals surface area contributed by atoms with Crippen molar-refractivity contribution < 1.29 is 23.3 Å². The molecule has 1 aromatic heterocycles. The van der Waals surface area contributed by atoms with E-state index in [4.69, 9.17) is 14.3 Å². The number of ether oxygens (including phenoxy) is 1. The Balaban J connectivity index is 2.22. The van der Waals surface area contributed by atoms with Crippen molar-refractivity contribution in [3.8, 4) is 5.75 Å². The largest absolute Gasteiger partial charge is 0.496 e. The third kappa shape index (κ3) is 3.29. The number of methoxy groups -OCH3 is 1. The average molecular weight is 359 g/mol. The zero-order chi connectivity index (χ0) is 14.7. The molecular formula is C13H11BrO5S. The number of hydrogen-bond acceptors (Lipinski definition) is 4. The quantitative estimate of drug-likeness (QED) is 0.888. The lowest BCUT2D eigenvalue weighted by atomic mass is 10.2. The summed E-state index contributed by atoms with van der Waals surface area (Å²) in [5, 5.41) is 8.90. The molecule has 0 aliphatic rings. The molecular weight excluding hydrogens is 348 g/mol. The lowest BCUT2D eigenvalue weighted by molar-refractivity contribution is 0.0656. The summed E-state index contributed by atoms with van der Waals surface area (Å²) < 4.78 is 23.3. The Bertz CT molecular complexity index is 665. The minimum absolute atomic E-state index is 0.129. The number of carboxylic acids is 1. The highest BCUT2D eigenvalue weighted by Crippen LogP contribution is 2.26. The normalized spacial score (nSPS) is 12.1. The summed E-state index contributed by atoms with van der Waals surface area (Å²) in [6.07, 6.45) is 0. The van der Waals surface area contributed by atoms with Crippen LogP contribution in [0.2, 0.25) is 0 Å². The number of furan rings is 1. The molecule has 1 heterocycles. The summed E-state index contributed by atoms with van der Waals surface area (Å²) >= 11 is 3.34. The zero-order valence-corrected chi connectivity index (χ0v) is 12.9. The van der Waals surface area contributed by atoms with E-state index in [1.807, 2.05) is 6.07 Å². The summed E-state index contributed by atoms with van der Waals surface area (Å²) in [6, 6.07) is 8.08. The summed E-state index contributed by atoms with van der Waals surface area (Å²) in [7, 11) is 0.0517. The maximum atomic E-state index is 12.2. The van der Waals surface area contributed by atoms with E-state index < -0.39 is 16.8 Å². The molecule has 1 N–H and O–H groups in total. The van der Waals surface area contributed by atoms with Crippen LogP contribution in [0.5, 0.6) is 5.75 Å². The number of rotatable bonds is 5. The first-order valence-electron chi connectivity index (χ1n) is 5.55. The predicted molar refractivity (Wildman–Crippen MR) is 76.5 cm³/mol. The minimum atomic E-state index is -1.48. The molecule has 0 saturated heterocycles. The second-order valence-corrected chi connectivity index (χ2v) is 6.17. The van der Waals surface area contributed by atoms with Gasteiger partial charge in [0.15, 0.2) is 5.09 Å². The van der Waals surface area contributed by atoms with Gasteiger partial charge >= 0.3 is 5.97 Å². The summed E-state index contributed by atoms with van der Waals surface area (Å²) in [4.78, 5) is 10.7. The molecule has 5 nitrogen and oxygen atoms in total. The average Bonchev–Trinajstić information content (AvgIpc) is 2.89. The Morgan fingerprint density at radius 2 is 2.15 bits per heavy atom. The van der Waals surface area contributed by atoms with Crippen LogP contribution in [0.4, 0.5) is 0 Å². The molecule has 2 aromatic rings. The standard InChI is InChI=1S/C13H11BrO5S/c1-18-10-3-2-9(14)6-8(10)7-20(17)12-5-4-11(19-12)13(15)16/h2-6H,7H2,1H3,(H,15,16). The Hall–Kier alpha value is -1.60. The van der Waals surface area contributed by atoms with E-state index in [0.717, 1.165) is 10.0 Å². The molecule has 0 aliphatic carbocycles. The molecule has 1 atom stereocenters. The highest BCUT2D eigenvalue weighted by molar-refractivity contribution is 9.10. The van der Waals surface area contributed by atoms with Crippen molar-refractivity contribution in [3.63, 3.8) is 0 Å². The van der Waals surface area contributed by atoms with Gasteiger partial charge in [0.05, 0.1) is 23.7 Å². The highest BCUT2D eigenvalue weighted by atomic mass is 79.9. The van der Waals surface area contributed by atoms with Gasteiger partial charge in [-0.1, -0.05) is 15.9 Å². The number of carboxylic acid groups (broad SMARTS) is 1. The van der Waals surface area contributed by atoms with Crippen molar-refractivity contribution in [2.24, 2.45) is 0 Å². The van der Waals surface area contributed by atoms with E-state index in [0.29, 0.717) is 5.75 Å². The van der Waals surface area contributed by atoms with Crippen LogP contribution in [0.25, 0.3) is 0 Å². The molecule has 0 radical (unpaired) electrons. The van der Waals surface area contributed by atoms with Crippen molar-refractivity contribution in [1.82, 2.24) is 0 Å². The molecule has 20 heavy (non-hydrogen) atoms. The van der Waals surface area contributed by atoms with Gasteiger partial charge in [-0.3, -0.25) is 4.21 Å². The fourth-order valence-electron chi connectivity index (χ4n) is 1.63. The van der Waals surface area contributed by atoms with Crippen LogP contribution in [0, 0.1) is 0 Å². The van der Waals surface area contributed by atoms with Gasteiger partial charge in [0.1, 0.15) is 5.75 Å². The van der Waals surface area contributed by atoms with Crippen molar-refractivity contribution in [2.45, 2.75) is 10.8 Å². The molecule has 7 heteroatoms. The van der Waals surface area contributed by atoms with E-state index in [1.165, 1.54) is 19.2 Å². The lowest BCUT2D eigenvalue weighted by Gasteiger charge is -2.07. The molecule has 1 aromatic carbocycles. The lowest BCUT2D eigenvalue weighted by Crippen LogP contribution is -1.99. The number of aromatic carboxylic acids is 1. The molecule has 0 bridgehead atoms. The van der Waals surface area contributed by atoms with Crippen LogP contribution in [0.3, 0.4) is 0 Å². The van der Waals surface area contributed by atoms with Gasteiger partial charge in [-0.25, -0.2) is 4.79 Å². The smallest absolute Gasteiger partial charge is 0.371 e. The fourth-order valence-corrected chi connectivity index (χ4v) is 3.09. The Morgan fingerprint density at radius 3 is 2.75 bits per heavy atom. The van der Waals surface area contributed by atoms with Crippen LogP contribution in [0.15, 0.2) is 44.3 Å². The monoisotopic (exact) mass is 358 g/mol. The van der Waals surface area contributed by atoms with Gasteiger partial charge in [0.25, 0.3) is 0 Å². The number of carbonyl (C=O) groups is 1. The molecule has 0 amide bonds. The molecule has 0 spiro atoms. The zero-order valence-electron chi connectivity index (χ0n) is 10.5. The first-order chi connectivity index (χ1) is 9.51. The topological polar surface area (TPSA) is 76.7 Å². The number of halogens is 1. The van der Waals surface area contributed by atoms with Crippen molar-refractivity contribution in [2.75, 3.05) is 7.11 Å². The number of benzene rings is 1. The van der Waals surface area contributed by atoms with Gasteiger partial charge < -0.3 is 14.3 Å². The molecule has 1 unspecified atom stereocenters. The maximum Gasteiger partial charge on any atom is 0.371 e. The predicted octanol–water partition coefficient (Wildman–Crippen LogP) is 3.06. The molecule has 0 aliphatic heterocycles. The van der Waals surface area contributed by atoms with Gasteiger partial charge in [0.2, 0.25) is 5.76 Å². The van der Waals surface area contributed by atoms with Gasteiger partial charge in [-0.2, -0.15) is 0 Å². The van der Waals surface area contributed by atoms with Crippen LogP contribution in [-0.4, -0.2) is 22.4 Å². The highest BCUT2D eigenvalue weighted by Gasteiger charge is 2.16. The molecule has 0 saturated carbocycles. The second kappa shape index (κ2) is 6.23. The third-order valence-corrected chi connectivity index (χ3v) is 4.28. The van der Waals surface area contributed by atoms with E-state index >= 15 is 0 Å². The Labute approximate surface area is 126 Å². The van der Waals surface area contributed by atoms with E-state index in [2.05, 4.69) is 15.9 Å². The summed E-state index contributed by atoms with van der Waals surface area (Å²) in [5.74, 6) is -0.621. The van der Waals surface area contributed by atoms with E-state index in [-0.39, 0.29) is 16.6 Å². The first-order valence-corrected chi connectivity index (χ1v) is 7.66. The van der Waals surface area contributed by atoms with Crippen LogP contribution < -0.4 is 4.74 Å². The van der Waals surface area contributed by atoms with Crippen molar-refractivity contribution >= 4 is 32.7 Å². The minimum Gasteiger partial charge on any atom is -0.496 e.